The van der Waals surface area contributed by atoms with Crippen LogP contribution in [-0.2, 0) is 16.0 Å². The van der Waals surface area contributed by atoms with Crippen molar-refractivity contribution in [3.63, 3.8) is 0 Å². The average molecular weight is 264 g/mol. The van der Waals surface area contributed by atoms with Gasteiger partial charge in [0.1, 0.15) is 0 Å². The van der Waals surface area contributed by atoms with Gasteiger partial charge in [0.2, 0.25) is 5.91 Å². The van der Waals surface area contributed by atoms with Crippen LogP contribution in [0.15, 0.2) is 18.2 Å². The zero-order valence-corrected chi connectivity index (χ0v) is 11.6. The van der Waals surface area contributed by atoms with Crippen molar-refractivity contribution in [1.29, 1.82) is 0 Å². The van der Waals surface area contributed by atoms with E-state index in [-0.39, 0.29) is 12.5 Å². The van der Waals surface area contributed by atoms with Crippen LogP contribution in [0.4, 0.5) is 4.79 Å². The molecule has 0 saturated heterocycles. The molecule has 2 N–H and O–H groups in total. The predicted molar refractivity (Wildman–Crippen MR) is 72.5 cm³/mol. The molecule has 0 aliphatic rings. The van der Waals surface area contributed by atoms with Gasteiger partial charge in [0, 0.05) is 6.42 Å². The zero-order chi connectivity index (χ0) is 14.3. The van der Waals surface area contributed by atoms with Crippen LogP contribution in [0.3, 0.4) is 0 Å². The minimum atomic E-state index is -0.651. The molecule has 0 atom stereocenters. The highest BCUT2D eigenvalue weighted by atomic mass is 16.5. The molecule has 1 rings (SSSR count). The molecule has 0 aromatic heterocycles. The Bertz CT molecular complexity index is 458. The molecule has 5 heteroatoms. The second-order valence-electron chi connectivity index (χ2n) is 4.32. The normalized spacial score (nSPS) is 9.84. The van der Waals surface area contributed by atoms with Crippen LogP contribution in [0.1, 0.15) is 30.0 Å². The summed E-state index contributed by atoms with van der Waals surface area (Å²) in [6.45, 7) is 6.02. The lowest BCUT2D eigenvalue weighted by Gasteiger charge is -2.08. The fraction of sp³-hybridized carbons (Fsp3) is 0.429. The molecule has 19 heavy (non-hydrogen) atoms. The molecule has 0 radical (unpaired) electrons. The Balaban J connectivity index is 2.36. The molecule has 1 aromatic rings. The molecule has 104 valence electrons. The molecule has 0 fully saturated rings. The van der Waals surface area contributed by atoms with E-state index in [9.17, 15) is 9.59 Å². The third kappa shape index (κ3) is 5.42. The van der Waals surface area contributed by atoms with Crippen molar-refractivity contribution < 1.29 is 14.3 Å². The van der Waals surface area contributed by atoms with Gasteiger partial charge in [-0.3, -0.25) is 10.2 Å². The standard InChI is InChI=1S/C14H20N2O3/c1-4-19-14(18)16-15-13(17)8-7-12-6-5-10(2)9-11(12)3/h5-6,9H,4,7-8H2,1-3H3,(H,15,17)(H,16,18). The molecule has 0 heterocycles. The fourth-order valence-corrected chi connectivity index (χ4v) is 1.72. The van der Waals surface area contributed by atoms with Crippen molar-refractivity contribution in [1.82, 2.24) is 10.9 Å². The van der Waals surface area contributed by atoms with E-state index in [1.165, 1.54) is 11.1 Å². The number of amides is 2. The van der Waals surface area contributed by atoms with Crippen molar-refractivity contribution in [3.05, 3.63) is 34.9 Å². The van der Waals surface area contributed by atoms with Crippen LogP contribution in [0.25, 0.3) is 0 Å². The van der Waals surface area contributed by atoms with E-state index < -0.39 is 6.09 Å². The number of benzene rings is 1. The third-order valence-electron chi connectivity index (χ3n) is 2.70. The molecule has 1 aromatic carbocycles. The van der Waals surface area contributed by atoms with Gasteiger partial charge in [-0.25, -0.2) is 10.2 Å². The number of hydrazine groups is 1. The molecule has 0 unspecified atom stereocenters. The number of hydrogen-bond acceptors (Lipinski definition) is 3. The van der Waals surface area contributed by atoms with Gasteiger partial charge in [-0.2, -0.15) is 0 Å². The van der Waals surface area contributed by atoms with Crippen molar-refractivity contribution >= 4 is 12.0 Å². The van der Waals surface area contributed by atoms with Crippen LogP contribution >= 0.6 is 0 Å². The first-order chi connectivity index (χ1) is 9.02. The Morgan fingerprint density at radius 1 is 1.21 bits per heavy atom. The van der Waals surface area contributed by atoms with Crippen LogP contribution < -0.4 is 10.9 Å². The van der Waals surface area contributed by atoms with E-state index in [4.69, 9.17) is 0 Å². The van der Waals surface area contributed by atoms with Gasteiger partial charge >= 0.3 is 6.09 Å². The number of carbonyl (C=O) groups is 2. The quantitative estimate of drug-likeness (QED) is 0.817. The van der Waals surface area contributed by atoms with E-state index in [2.05, 4.69) is 21.7 Å². The first-order valence-corrected chi connectivity index (χ1v) is 6.30. The molecular weight excluding hydrogens is 244 g/mol. The number of rotatable bonds is 4. The minimum absolute atomic E-state index is 0.243. The van der Waals surface area contributed by atoms with E-state index in [1.54, 1.807) is 6.92 Å². The van der Waals surface area contributed by atoms with Crippen molar-refractivity contribution in [2.75, 3.05) is 6.61 Å². The van der Waals surface area contributed by atoms with Gasteiger partial charge in [0.25, 0.3) is 0 Å². The summed E-state index contributed by atoms with van der Waals surface area (Å²) in [5, 5.41) is 0. The lowest BCUT2D eigenvalue weighted by Crippen LogP contribution is -2.42. The summed E-state index contributed by atoms with van der Waals surface area (Å²) in [6.07, 6.45) is 0.307. The van der Waals surface area contributed by atoms with Crippen molar-refractivity contribution in [2.24, 2.45) is 0 Å². The molecule has 2 amide bonds. The lowest BCUT2D eigenvalue weighted by atomic mass is 10.0. The Kier molecular flexibility index (Phi) is 5.85. The summed E-state index contributed by atoms with van der Waals surface area (Å²) in [6, 6.07) is 6.14. The minimum Gasteiger partial charge on any atom is -0.449 e. The largest absolute Gasteiger partial charge is 0.449 e. The number of nitrogens with one attached hydrogen (secondary N) is 2. The van der Waals surface area contributed by atoms with Crippen LogP contribution in [0, 0.1) is 13.8 Å². The van der Waals surface area contributed by atoms with Crippen LogP contribution in [0.2, 0.25) is 0 Å². The second-order valence-corrected chi connectivity index (χ2v) is 4.32. The van der Waals surface area contributed by atoms with Gasteiger partial charge < -0.3 is 4.74 Å². The molecule has 0 aliphatic heterocycles. The number of carbonyl (C=O) groups excluding carboxylic acids is 2. The topological polar surface area (TPSA) is 67.4 Å². The molecule has 5 nitrogen and oxygen atoms in total. The monoisotopic (exact) mass is 264 g/mol. The SMILES string of the molecule is CCOC(=O)NNC(=O)CCc1ccc(C)cc1C. The van der Waals surface area contributed by atoms with Gasteiger partial charge in [-0.15, -0.1) is 0 Å². The summed E-state index contributed by atoms with van der Waals surface area (Å²) in [5.74, 6) is -0.243. The van der Waals surface area contributed by atoms with E-state index in [1.807, 2.05) is 26.0 Å². The Morgan fingerprint density at radius 3 is 2.58 bits per heavy atom. The Morgan fingerprint density at radius 2 is 1.95 bits per heavy atom. The molecule has 0 spiro atoms. The van der Waals surface area contributed by atoms with E-state index >= 15 is 0 Å². The second kappa shape index (κ2) is 7.41. The first kappa shape index (κ1) is 15.0. The maximum atomic E-state index is 11.5. The summed E-state index contributed by atoms with van der Waals surface area (Å²) in [7, 11) is 0. The van der Waals surface area contributed by atoms with Crippen molar-refractivity contribution in [2.45, 2.75) is 33.6 Å². The molecule has 0 bridgehead atoms. The van der Waals surface area contributed by atoms with Crippen LogP contribution in [-0.4, -0.2) is 18.6 Å². The number of hydrogen-bond donors (Lipinski definition) is 2. The van der Waals surface area contributed by atoms with E-state index in [0.717, 1.165) is 5.56 Å². The van der Waals surface area contributed by atoms with Gasteiger partial charge in [-0.05, 0) is 38.3 Å². The van der Waals surface area contributed by atoms with Gasteiger partial charge in [0.15, 0.2) is 0 Å². The summed E-state index contributed by atoms with van der Waals surface area (Å²) < 4.78 is 4.62. The highest BCUT2D eigenvalue weighted by Gasteiger charge is 2.06. The number of ether oxygens (including phenoxy) is 1. The summed E-state index contributed by atoms with van der Waals surface area (Å²) in [4.78, 5) is 22.5. The zero-order valence-electron chi connectivity index (χ0n) is 11.6. The van der Waals surface area contributed by atoms with Gasteiger partial charge in [-0.1, -0.05) is 23.8 Å². The van der Waals surface area contributed by atoms with Gasteiger partial charge in [0.05, 0.1) is 6.61 Å². The highest BCUT2D eigenvalue weighted by molar-refractivity contribution is 5.79. The predicted octanol–water partition coefficient (Wildman–Crippen LogP) is 2.01. The Labute approximate surface area is 113 Å². The molecular formula is C14H20N2O3. The third-order valence-corrected chi connectivity index (χ3v) is 2.70. The molecule has 0 saturated carbocycles. The van der Waals surface area contributed by atoms with Crippen molar-refractivity contribution in [3.8, 4) is 0 Å². The summed E-state index contributed by atoms with van der Waals surface area (Å²) in [5.41, 5.74) is 8.00. The Hall–Kier alpha value is -2.04. The molecule has 0 aliphatic carbocycles. The maximum Gasteiger partial charge on any atom is 0.426 e. The first-order valence-electron chi connectivity index (χ1n) is 6.30. The smallest absolute Gasteiger partial charge is 0.426 e. The average Bonchev–Trinajstić information content (AvgIpc) is 2.35. The maximum absolute atomic E-state index is 11.5. The lowest BCUT2D eigenvalue weighted by molar-refractivity contribution is -0.121. The van der Waals surface area contributed by atoms with E-state index in [0.29, 0.717) is 12.8 Å². The summed E-state index contributed by atoms with van der Waals surface area (Å²) >= 11 is 0. The van der Waals surface area contributed by atoms with Crippen LogP contribution in [0.5, 0.6) is 0 Å². The number of aryl methyl sites for hydroxylation is 3. The fourth-order valence-electron chi connectivity index (χ4n) is 1.72. The highest BCUT2D eigenvalue weighted by Crippen LogP contribution is 2.12.